The van der Waals surface area contributed by atoms with Crippen molar-refractivity contribution in [3.63, 3.8) is 0 Å². The molecule has 0 saturated heterocycles. The molecule has 1 heterocycles. The number of rotatable bonds is 5. The second-order valence-corrected chi connectivity index (χ2v) is 6.57. The van der Waals surface area contributed by atoms with Gasteiger partial charge in [-0.15, -0.1) is 11.3 Å². The van der Waals surface area contributed by atoms with E-state index in [0.29, 0.717) is 13.0 Å². The Morgan fingerprint density at radius 2 is 2.19 bits per heavy atom. The van der Waals surface area contributed by atoms with Gasteiger partial charge in [-0.3, -0.25) is 4.79 Å². The maximum absolute atomic E-state index is 12.2. The largest absolute Gasteiger partial charge is 0.481 e. The highest BCUT2D eigenvalue weighted by molar-refractivity contribution is 7.09. The van der Waals surface area contributed by atoms with E-state index in [1.807, 2.05) is 11.4 Å². The number of likely N-dealkylation sites (N-methyl/N-ethyl adjacent to an activating group) is 1. The Morgan fingerprint density at radius 1 is 1.43 bits per heavy atom. The zero-order valence-corrected chi connectivity index (χ0v) is 13.1. The van der Waals surface area contributed by atoms with Gasteiger partial charge in [-0.1, -0.05) is 18.9 Å². The van der Waals surface area contributed by atoms with E-state index in [1.54, 1.807) is 23.3 Å². The molecule has 6 heteroatoms. The van der Waals surface area contributed by atoms with Gasteiger partial charge in [0, 0.05) is 24.5 Å². The molecule has 1 aromatic heterocycles. The van der Waals surface area contributed by atoms with Crippen molar-refractivity contribution in [2.24, 2.45) is 5.92 Å². The lowest BCUT2D eigenvalue weighted by molar-refractivity contribution is -0.143. The maximum atomic E-state index is 12.2. The standard InChI is InChI=1S/C15H22N2O3S/c1-17(9-8-11-5-4-10-21-11)15(20)16-13-7-3-2-6-12(13)14(18)19/h4-5,10,12-13H,2-3,6-9H2,1H3,(H,16,20)(H,18,19). The fraction of sp³-hybridized carbons (Fsp3) is 0.600. The second-order valence-electron chi connectivity index (χ2n) is 5.54. The topological polar surface area (TPSA) is 69.6 Å². The maximum Gasteiger partial charge on any atom is 0.317 e. The number of carboxylic acid groups (broad SMARTS) is 1. The van der Waals surface area contributed by atoms with Gasteiger partial charge in [-0.05, 0) is 30.7 Å². The molecular weight excluding hydrogens is 288 g/mol. The molecule has 0 aliphatic heterocycles. The number of carbonyl (C=O) groups excluding carboxylic acids is 1. The van der Waals surface area contributed by atoms with E-state index in [1.165, 1.54) is 4.88 Å². The molecule has 1 aliphatic rings. The lowest BCUT2D eigenvalue weighted by Crippen LogP contribution is -2.49. The van der Waals surface area contributed by atoms with Crippen LogP contribution in [0.1, 0.15) is 30.6 Å². The molecule has 0 bridgehead atoms. The quantitative estimate of drug-likeness (QED) is 0.878. The highest BCUT2D eigenvalue weighted by Gasteiger charge is 2.32. The van der Waals surface area contributed by atoms with Crippen molar-refractivity contribution in [3.05, 3.63) is 22.4 Å². The van der Waals surface area contributed by atoms with Crippen LogP contribution < -0.4 is 5.32 Å². The average molecular weight is 310 g/mol. The van der Waals surface area contributed by atoms with Crippen molar-refractivity contribution in [1.29, 1.82) is 0 Å². The highest BCUT2D eigenvalue weighted by atomic mass is 32.1. The third kappa shape index (κ3) is 4.46. The number of carboxylic acids is 1. The minimum absolute atomic E-state index is 0.176. The number of nitrogens with one attached hydrogen (secondary N) is 1. The number of aliphatic carboxylic acids is 1. The number of nitrogens with zero attached hydrogens (tertiary/aromatic N) is 1. The van der Waals surface area contributed by atoms with Gasteiger partial charge in [-0.25, -0.2) is 4.79 Å². The van der Waals surface area contributed by atoms with Crippen LogP contribution in [0.2, 0.25) is 0 Å². The van der Waals surface area contributed by atoms with Crippen LogP contribution in [0.25, 0.3) is 0 Å². The summed E-state index contributed by atoms with van der Waals surface area (Å²) in [5.74, 6) is -1.25. The summed E-state index contributed by atoms with van der Waals surface area (Å²) >= 11 is 1.68. The fourth-order valence-electron chi connectivity index (χ4n) is 2.70. The predicted molar refractivity (Wildman–Crippen MR) is 82.6 cm³/mol. The molecular formula is C15H22N2O3S. The van der Waals surface area contributed by atoms with E-state index in [4.69, 9.17) is 0 Å². The van der Waals surface area contributed by atoms with Crippen molar-refractivity contribution in [1.82, 2.24) is 10.2 Å². The van der Waals surface area contributed by atoms with Gasteiger partial charge in [0.1, 0.15) is 0 Å². The molecule has 0 radical (unpaired) electrons. The number of hydrogen-bond acceptors (Lipinski definition) is 3. The summed E-state index contributed by atoms with van der Waals surface area (Å²) in [4.78, 5) is 26.3. The first-order chi connectivity index (χ1) is 10.1. The first kappa shape index (κ1) is 15.8. The van der Waals surface area contributed by atoms with Crippen LogP contribution in [0, 0.1) is 5.92 Å². The Balaban J connectivity index is 1.82. The molecule has 21 heavy (non-hydrogen) atoms. The zero-order chi connectivity index (χ0) is 15.2. The Bertz CT molecular complexity index is 475. The lowest BCUT2D eigenvalue weighted by Gasteiger charge is -2.31. The lowest BCUT2D eigenvalue weighted by atomic mass is 9.84. The van der Waals surface area contributed by atoms with Crippen LogP contribution in [0.4, 0.5) is 4.79 Å². The Morgan fingerprint density at radius 3 is 2.86 bits per heavy atom. The molecule has 1 saturated carbocycles. The number of thiophene rings is 1. The van der Waals surface area contributed by atoms with Gasteiger partial charge < -0.3 is 15.3 Å². The Labute approximate surface area is 129 Å². The first-order valence-electron chi connectivity index (χ1n) is 7.34. The minimum atomic E-state index is -0.804. The van der Waals surface area contributed by atoms with Crippen LogP contribution in [-0.2, 0) is 11.2 Å². The van der Waals surface area contributed by atoms with Crippen LogP contribution in [0.15, 0.2) is 17.5 Å². The summed E-state index contributed by atoms with van der Waals surface area (Å²) in [5.41, 5.74) is 0. The zero-order valence-electron chi connectivity index (χ0n) is 12.2. The molecule has 2 unspecified atom stereocenters. The molecule has 2 atom stereocenters. The monoisotopic (exact) mass is 310 g/mol. The predicted octanol–water partition coefficient (Wildman–Crippen LogP) is 2.58. The van der Waals surface area contributed by atoms with Gasteiger partial charge in [0.15, 0.2) is 0 Å². The van der Waals surface area contributed by atoms with E-state index in [0.717, 1.165) is 25.7 Å². The Kier molecular flexibility index (Phi) is 5.61. The minimum Gasteiger partial charge on any atom is -0.481 e. The Hall–Kier alpha value is -1.56. The van der Waals surface area contributed by atoms with Crippen molar-refractivity contribution in [2.75, 3.05) is 13.6 Å². The molecule has 0 aromatic carbocycles. The van der Waals surface area contributed by atoms with Gasteiger partial charge in [0.05, 0.1) is 5.92 Å². The van der Waals surface area contributed by atoms with Crippen LogP contribution >= 0.6 is 11.3 Å². The third-order valence-electron chi connectivity index (χ3n) is 4.01. The fourth-order valence-corrected chi connectivity index (χ4v) is 3.40. The SMILES string of the molecule is CN(CCc1cccs1)C(=O)NC1CCCCC1C(=O)O. The van der Waals surface area contributed by atoms with E-state index in [-0.39, 0.29) is 12.1 Å². The molecule has 5 nitrogen and oxygen atoms in total. The number of urea groups is 1. The van der Waals surface area contributed by atoms with Crippen molar-refractivity contribution in [3.8, 4) is 0 Å². The van der Waals surface area contributed by atoms with Crippen molar-refractivity contribution in [2.45, 2.75) is 38.1 Å². The summed E-state index contributed by atoms with van der Waals surface area (Å²) < 4.78 is 0. The van der Waals surface area contributed by atoms with Gasteiger partial charge >= 0.3 is 12.0 Å². The van der Waals surface area contributed by atoms with E-state index in [2.05, 4.69) is 11.4 Å². The summed E-state index contributed by atoms with van der Waals surface area (Å²) in [5, 5.41) is 14.1. The molecule has 2 rings (SSSR count). The molecule has 2 amide bonds. The van der Waals surface area contributed by atoms with Gasteiger partial charge in [0.2, 0.25) is 0 Å². The van der Waals surface area contributed by atoms with Crippen LogP contribution in [0.5, 0.6) is 0 Å². The van der Waals surface area contributed by atoms with E-state index < -0.39 is 11.9 Å². The van der Waals surface area contributed by atoms with Crippen LogP contribution in [0.3, 0.4) is 0 Å². The average Bonchev–Trinajstić information content (AvgIpc) is 2.98. The summed E-state index contributed by atoms with van der Waals surface area (Å²) in [7, 11) is 1.75. The molecule has 1 aliphatic carbocycles. The van der Waals surface area contributed by atoms with Crippen molar-refractivity contribution < 1.29 is 14.7 Å². The van der Waals surface area contributed by atoms with Crippen LogP contribution in [-0.4, -0.2) is 41.6 Å². The van der Waals surface area contributed by atoms with Gasteiger partial charge in [-0.2, -0.15) is 0 Å². The van der Waals surface area contributed by atoms with Crippen molar-refractivity contribution >= 4 is 23.3 Å². The summed E-state index contributed by atoms with van der Waals surface area (Å²) in [6.45, 7) is 0.636. The number of hydrogen-bond donors (Lipinski definition) is 2. The molecule has 2 N–H and O–H groups in total. The van der Waals surface area contributed by atoms with E-state index >= 15 is 0 Å². The summed E-state index contributed by atoms with van der Waals surface area (Å²) in [6.07, 6.45) is 4.14. The number of amides is 2. The third-order valence-corrected chi connectivity index (χ3v) is 4.95. The smallest absolute Gasteiger partial charge is 0.317 e. The van der Waals surface area contributed by atoms with Gasteiger partial charge in [0.25, 0.3) is 0 Å². The highest BCUT2D eigenvalue weighted by Crippen LogP contribution is 2.24. The second kappa shape index (κ2) is 7.45. The molecule has 1 fully saturated rings. The number of carbonyl (C=O) groups is 2. The summed E-state index contributed by atoms with van der Waals surface area (Å²) in [6, 6.07) is 3.63. The molecule has 0 spiro atoms. The first-order valence-corrected chi connectivity index (χ1v) is 8.22. The normalized spacial score (nSPS) is 21.8. The molecule has 116 valence electrons. The van der Waals surface area contributed by atoms with E-state index in [9.17, 15) is 14.7 Å². The molecule has 1 aromatic rings.